The Morgan fingerprint density at radius 3 is 2.60 bits per heavy atom. The second-order valence-corrected chi connectivity index (χ2v) is 12.6. The average molecular weight is 624 g/mol. The van der Waals surface area contributed by atoms with Crippen molar-refractivity contribution in [1.82, 2.24) is 19.9 Å². The summed E-state index contributed by atoms with van der Waals surface area (Å²) in [6.07, 6.45) is 2.10. The summed E-state index contributed by atoms with van der Waals surface area (Å²) >= 11 is 0. The minimum atomic E-state index is -0.955. The standard InChI is InChI=1S/C33H36F3N5O4/c1-2-23-26(35)7-4-18-10-22(44)11-24(27(18)23)29-28(36)30-25(13-37-29)31(40-15-20(42)5-6-21(43)16-40)39-32(38-30)45-17-33-8-3-9-41(33)14-19(34)12-33/h4,7,10-11,13,19-21,42-44H,2-3,5-6,8-9,12,14-17H2,1H3/t19-,20-,21+,33+/m1/s1. The second-order valence-electron chi connectivity index (χ2n) is 12.6. The van der Waals surface area contributed by atoms with Crippen LogP contribution in [0.3, 0.4) is 0 Å². The van der Waals surface area contributed by atoms with Crippen LogP contribution in [-0.4, -0.2) is 91.9 Å². The highest BCUT2D eigenvalue weighted by molar-refractivity contribution is 6.01. The molecule has 9 nitrogen and oxygen atoms in total. The first kappa shape index (κ1) is 29.9. The molecule has 0 radical (unpaired) electrons. The number of aliphatic hydroxyl groups is 2. The quantitative estimate of drug-likeness (QED) is 0.282. The fourth-order valence-electron chi connectivity index (χ4n) is 7.52. The Hall–Kier alpha value is -3.74. The third-order valence-corrected chi connectivity index (χ3v) is 9.63. The van der Waals surface area contributed by atoms with E-state index in [0.29, 0.717) is 48.6 Å². The molecule has 0 bridgehead atoms. The molecule has 3 fully saturated rings. The van der Waals surface area contributed by atoms with E-state index in [-0.39, 0.29) is 59.4 Å². The molecule has 7 rings (SSSR count). The highest BCUT2D eigenvalue weighted by atomic mass is 19.1. The van der Waals surface area contributed by atoms with Gasteiger partial charge in [-0.2, -0.15) is 9.97 Å². The smallest absolute Gasteiger partial charge is 0.319 e. The Morgan fingerprint density at radius 2 is 1.84 bits per heavy atom. The van der Waals surface area contributed by atoms with Gasteiger partial charge in [-0.05, 0) is 73.2 Å². The van der Waals surface area contributed by atoms with E-state index < -0.39 is 35.6 Å². The minimum Gasteiger partial charge on any atom is -0.508 e. The summed E-state index contributed by atoms with van der Waals surface area (Å²) in [7, 11) is 0. The number of halogens is 3. The molecule has 238 valence electrons. The number of phenols is 1. The van der Waals surface area contributed by atoms with Gasteiger partial charge in [0.25, 0.3) is 0 Å². The van der Waals surface area contributed by atoms with Crippen LogP contribution >= 0.6 is 0 Å². The van der Waals surface area contributed by atoms with Gasteiger partial charge < -0.3 is 25.0 Å². The minimum absolute atomic E-state index is 0.116. The van der Waals surface area contributed by atoms with Crippen molar-refractivity contribution in [2.45, 2.75) is 69.4 Å². The molecular formula is C33H36F3N5O4. The summed E-state index contributed by atoms with van der Waals surface area (Å²) in [6, 6.07) is 5.59. The van der Waals surface area contributed by atoms with E-state index in [1.165, 1.54) is 30.5 Å². The Labute approximate surface area is 258 Å². The SMILES string of the molecule is CCc1c(F)ccc2cc(O)cc(-c3ncc4c(N5C[C@H](O)CC[C@H](O)C5)nc(OC[C@@]56CCCN5C[C@H](F)C6)nc4c3F)c12. The van der Waals surface area contributed by atoms with Crippen LogP contribution in [0.5, 0.6) is 11.8 Å². The third kappa shape index (κ3) is 5.32. The van der Waals surface area contributed by atoms with Crippen molar-refractivity contribution < 1.29 is 33.2 Å². The molecule has 2 aromatic carbocycles. The molecule has 5 heterocycles. The number of nitrogens with zero attached hydrogens (tertiary/aromatic N) is 5. The fourth-order valence-corrected chi connectivity index (χ4v) is 7.52. The van der Waals surface area contributed by atoms with E-state index in [1.807, 2.05) is 0 Å². The van der Waals surface area contributed by atoms with Crippen LogP contribution in [-0.2, 0) is 6.42 Å². The number of aromatic hydroxyl groups is 1. The lowest BCUT2D eigenvalue weighted by Gasteiger charge is -2.31. The van der Waals surface area contributed by atoms with E-state index in [0.717, 1.165) is 19.4 Å². The van der Waals surface area contributed by atoms with E-state index in [2.05, 4.69) is 19.9 Å². The molecule has 0 unspecified atom stereocenters. The van der Waals surface area contributed by atoms with Crippen LogP contribution in [0.25, 0.3) is 32.9 Å². The van der Waals surface area contributed by atoms with Crippen LogP contribution in [0.15, 0.2) is 30.5 Å². The first-order chi connectivity index (χ1) is 21.7. The summed E-state index contributed by atoms with van der Waals surface area (Å²) in [6.45, 7) is 3.33. The summed E-state index contributed by atoms with van der Waals surface area (Å²) in [4.78, 5) is 17.3. The summed E-state index contributed by atoms with van der Waals surface area (Å²) in [5, 5.41) is 32.9. The molecule has 3 N–H and O–H groups in total. The molecule has 0 aliphatic carbocycles. The molecule has 0 amide bonds. The van der Waals surface area contributed by atoms with Gasteiger partial charge in [-0.3, -0.25) is 9.88 Å². The first-order valence-corrected chi connectivity index (χ1v) is 15.6. The van der Waals surface area contributed by atoms with Crippen LogP contribution in [0, 0.1) is 11.6 Å². The zero-order chi connectivity index (χ0) is 31.5. The van der Waals surface area contributed by atoms with Crippen molar-refractivity contribution in [3.8, 4) is 23.0 Å². The fraction of sp³-hybridized carbons (Fsp3) is 0.485. The highest BCUT2D eigenvalue weighted by Gasteiger charge is 2.49. The Bertz CT molecular complexity index is 1760. The largest absolute Gasteiger partial charge is 0.508 e. The van der Waals surface area contributed by atoms with E-state index >= 15 is 4.39 Å². The number of rotatable bonds is 6. The van der Waals surface area contributed by atoms with Crippen molar-refractivity contribution >= 4 is 27.5 Å². The molecule has 4 atom stereocenters. The van der Waals surface area contributed by atoms with Crippen molar-refractivity contribution in [3.05, 3.63) is 47.7 Å². The summed E-state index contributed by atoms with van der Waals surface area (Å²) < 4.78 is 52.3. The molecule has 3 aliphatic rings. The van der Waals surface area contributed by atoms with Crippen LogP contribution < -0.4 is 9.64 Å². The summed E-state index contributed by atoms with van der Waals surface area (Å²) in [5.41, 5.74) is -0.159. The van der Waals surface area contributed by atoms with Gasteiger partial charge >= 0.3 is 6.01 Å². The maximum atomic E-state index is 16.8. The molecule has 4 aromatic rings. The van der Waals surface area contributed by atoms with Crippen LogP contribution in [0.2, 0.25) is 0 Å². The predicted octanol–water partition coefficient (Wildman–Crippen LogP) is 4.67. The van der Waals surface area contributed by atoms with Gasteiger partial charge in [-0.1, -0.05) is 13.0 Å². The molecule has 0 spiro atoms. The van der Waals surface area contributed by atoms with Crippen LogP contribution in [0.4, 0.5) is 19.0 Å². The lowest BCUT2D eigenvalue weighted by molar-refractivity contribution is 0.107. The Kier molecular flexibility index (Phi) is 7.69. The Balaban J connectivity index is 1.39. The van der Waals surface area contributed by atoms with E-state index in [1.54, 1.807) is 11.8 Å². The van der Waals surface area contributed by atoms with Gasteiger partial charge in [-0.15, -0.1) is 0 Å². The number of phenolic OH excluding ortho intramolecular Hbond substituents is 1. The van der Waals surface area contributed by atoms with Crippen LogP contribution in [0.1, 0.15) is 44.6 Å². The number of aliphatic hydroxyl groups excluding tert-OH is 2. The molecular weight excluding hydrogens is 587 g/mol. The van der Waals surface area contributed by atoms with Gasteiger partial charge in [0, 0.05) is 37.8 Å². The number of anilines is 1. The number of hydrogen-bond acceptors (Lipinski definition) is 9. The van der Waals surface area contributed by atoms with Gasteiger partial charge in [-0.25, -0.2) is 13.2 Å². The molecule has 0 saturated carbocycles. The van der Waals surface area contributed by atoms with Crippen molar-refractivity contribution in [2.75, 3.05) is 37.7 Å². The predicted molar refractivity (Wildman–Crippen MR) is 163 cm³/mol. The molecule has 45 heavy (non-hydrogen) atoms. The zero-order valence-corrected chi connectivity index (χ0v) is 25.0. The van der Waals surface area contributed by atoms with Gasteiger partial charge in [0.2, 0.25) is 0 Å². The molecule has 2 aromatic heterocycles. The monoisotopic (exact) mass is 623 g/mol. The molecule has 3 aliphatic heterocycles. The lowest BCUT2D eigenvalue weighted by Crippen LogP contribution is -2.43. The van der Waals surface area contributed by atoms with E-state index in [9.17, 15) is 24.1 Å². The topological polar surface area (TPSA) is 115 Å². The van der Waals surface area contributed by atoms with Crippen molar-refractivity contribution in [3.63, 3.8) is 0 Å². The summed E-state index contributed by atoms with van der Waals surface area (Å²) in [5.74, 6) is -1.15. The first-order valence-electron chi connectivity index (χ1n) is 15.6. The van der Waals surface area contributed by atoms with Crippen molar-refractivity contribution in [1.29, 1.82) is 0 Å². The van der Waals surface area contributed by atoms with Gasteiger partial charge in [0.05, 0.1) is 23.1 Å². The van der Waals surface area contributed by atoms with Gasteiger partial charge in [0.1, 0.15) is 41.4 Å². The molecule has 12 heteroatoms. The lowest BCUT2D eigenvalue weighted by atomic mass is 9.94. The number of hydrogen-bond donors (Lipinski definition) is 3. The third-order valence-electron chi connectivity index (χ3n) is 9.63. The number of pyridine rings is 1. The normalized spacial score (nSPS) is 25.6. The second kappa shape index (κ2) is 11.6. The number of aryl methyl sites for hydroxylation is 1. The van der Waals surface area contributed by atoms with Gasteiger partial charge in [0.15, 0.2) is 5.82 Å². The average Bonchev–Trinajstić information content (AvgIpc) is 3.48. The zero-order valence-electron chi connectivity index (χ0n) is 25.0. The maximum Gasteiger partial charge on any atom is 0.319 e. The number of aromatic nitrogens is 3. The van der Waals surface area contributed by atoms with E-state index in [4.69, 9.17) is 4.74 Å². The number of benzene rings is 2. The molecule has 3 saturated heterocycles. The van der Waals surface area contributed by atoms with Crippen molar-refractivity contribution in [2.24, 2.45) is 0 Å². The maximum absolute atomic E-state index is 16.8. The number of β-amino-alcohol motifs (C(OH)–C–C–N with tert-alkyl or cyclic N) is 2. The highest BCUT2D eigenvalue weighted by Crippen LogP contribution is 2.42. The number of alkyl halides is 1. The number of ether oxygens (including phenoxy) is 1. The Morgan fingerprint density at radius 1 is 1.07 bits per heavy atom. The number of fused-ring (bicyclic) bond motifs is 3.